The molecule has 3 rings (SSSR count). The molecule has 1 aromatic carbocycles. The van der Waals surface area contributed by atoms with E-state index in [4.69, 9.17) is 19.2 Å². The molecule has 0 aliphatic carbocycles. The molecule has 2 heterocycles. The van der Waals surface area contributed by atoms with E-state index in [1.54, 1.807) is 4.90 Å². The Bertz CT molecular complexity index is 949. The lowest BCUT2D eigenvalue weighted by atomic mass is 10.1. The van der Waals surface area contributed by atoms with E-state index < -0.39 is 5.60 Å². The van der Waals surface area contributed by atoms with Crippen LogP contribution in [0.4, 0.5) is 4.79 Å². The molecule has 0 unspecified atom stereocenters. The number of pyridine rings is 1. The van der Waals surface area contributed by atoms with E-state index in [9.17, 15) is 9.59 Å². The molecule has 0 N–H and O–H groups in total. The summed E-state index contributed by atoms with van der Waals surface area (Å²) in [5, 5.41) is 0.956. The lowest BCUT2D eigenvalue weighted by Gasteiger charge is -2.33. The number of nitrogens with zero attached hydrogens (tertiary/aromatic N) is 2. The molecule has 0 atom stereocenters. The largest absolute Gasteiger partial charge is 0.488 e. The number of ether oxygens (including phenoxy) is 3. The monoisotopic (exact) mass is 492 g/mol. The molecule has 168 valence electrons. The SMILES string of the molecule is COC(=O)CCc1ccc2cc(Br)cc(OC3CCN(C(=O)OC(C)(C)C)CC3)c2n1. The van der Waals surface area contributed by atoms with Gasteiger partial charge in [0.15, 0.2) is 0 Å². The molecule has 1 aliphatic heterocycles. The van der Waals surface area contributed by atoms with Crippen LogP contribution in [-0.2, 0) is 20.7 Å². The third-order valence-corrected chi connectivity index (χ3v) is 5.44. The number of amides is 1. The first-order chi connectivity index (χ1) is 14.6. The maximum atomic E-state index is 12.3. The van der Waals surface area contributed by atoms with Crippen LogP contribution in [-0.4, -0.2) is 53.9 Å². The van der Waals surface area contributed by atoms with Crippen molar-refractivity contribution in [3.05, 3.63) is 34.4 Å². The van der Waals surface area contributed by atoms with Crippen molar-refractivity contribution < 1.29 is 23.8 Å². The third-order valence-electron chi connectivity index (χ3n) is 4.98. The normalized spacial score (nSPS) is 15.1. The molecular weight excluding hydrogens is 464 g/mol. The third kappa shape index (κ3) is 6.56. The van der Waals surface area contributed by atoms with Crippen LogP contribution in [0.1, 0.15) is 45.7 Å². The Morgan fingerprint density at radius 2 is 1.90 bits per heavy atom. The topological polar surface area (TPSA) is 78.0 Å². The predicted molar refractivity (Wildman–Crippen MR) is 121 cm³/mol. The number of carbonyl (C=O) groups is 2. The molecule has 31 heavy (non-hydrogen) atoms. The Labute approximate surface area is 191 Å². The van der Waals surface area contributed by atoms with Gasteiger partial charge in [-0.05, 0) is 39.0 Å². The first-order valence-electron chi connectivity index (χ1n) is 10.4. The van der Waals surface area contributed by atoms with Crippen molar-refractivity contribution in [1.29, 1.82) is 0 Å². The summed E-state index contributed by atoms with van der Waals surface area (Å²) < 4.78 is 17.4. The zero-order valence-electron chi connectivity index (χ0n) is 18.4. The number of aromatic nitrogens is 1. The number of methoxy groups -OCH3 is 1. The lowest BCUT2D eigenvalue weighted by molar-refractivity contribution is -0.140. The Hall–Kier alpha value is -2.35. The number of hydrogen-bond donors (Lipinski definition) is 0. The fraction of sp³-hybridized carbons (Fsp3) is 0.522. The van der Waals surface area contributed by atoms with Gasteiger partial charge in [-0.3, -0.25) is 4.79 Å². The minimum Gasteiger partial charge on any atom is -0.488 e. The summed E-state index contributed by atoms with van der Waals surface area (Å²) in [6.45, 7) is 6.77. The number of hydrogen-bond acceptors (Lipinski definition) is 6. The van der Waals surface area contributed by atoms with Crippen molar-refractivity contribution in [3.63, 3.8) is 0 Å². The highest BCUT2D eigenvalue weighted by atomic mass is 79.9. The van der Waals surface area contributed by atoms with Crippen LogP contribution >= 0.6 is 15.9 Å². The van der Waals surface area contributed by atoms with Crippen LogP contribution < -0.4 is 4.74 Å². The maximum Gasteiger partial charge on any atom is 0.410 e. The summed E-state index contributed by atoms with van der Waals surface area (Å²) in [6, 6.07) is 7.81. The van der Waals surface area contributed by atoms with Crippen LogP contribution in [0.25, 0.3) is 10.9 Å². The summed E-state index contributed by atoms with van der Waals surface area (Å²) in [4.78, 5) is 30.2. The number of rotatable bonds is 5. The zero-order chi connectivity index (χ0) is 22.6. The molecule has 7 nitrogen and oxygen atoms in total. The van der Waals surface area contributed by atoms with E-state index in [1.165, 1.54) is 7.11 Å². The Kier molecular flexibility index (Phi) is 7.41. The highest BCUT2D eigenvalue weighted by molar-refractivity contribution is 9.10. The highest BCUT2D eigenvalue weighted by Crippen LogP contribution is 2.31. The van der Waals surface area contributed by atoms with Crippen molar-refractivity contribution in [2.75, 3.05) is 20.2 Å². The first kappa shape index (κ1) is 23.3. The van der Waals surface area contributed by atoms with Crippen molar-refractivity contribution in [2.45, 2.75) is 58.2 Å². The molecule has 0 saturated carbocycles. The molecule has 0 bridgehead atoms. The van der Waals surface area contributed by atoms with Crippen molar-refractivity contribution in [2.24, 2.45) is 0 Å². The first-order valence-corrected chi connectivity index (χ1v) is 11.2. The Morgan fingerprint density at radius 3 is 2.55 bits per heavy atom. The summed E-state index contributed by atoms with van der Waals surface area (Å²) in [5.41, 5.74) is 1.07. The van der Waals surface area contributed by atoms with Gasteiger partial charge < -0.3 is 19.1 Å². The molecule has 1 saturated heterocycles. The van der Waals surface area contributed by atoms with Crippen LogP contribution in [0, 0.1) is 0 Å². The van der Waals surface area contributed by atoms with Crippen molar-refractivity contribution in [3.8, 4) is 5.75 Å². The number of benzene rings is 1. The second kappa shape index (κ2) is 9.85. The minimum absolute atomic E-state index is 0.0169. The van der Waals surface area contributed by atoms with Gasteiger partial charge >= 0.3 is 12.1 Å². The van der Waals surface area contributed by atoms with Gasteiger partial charge in [-0.25, -0.2) is 9.78 Å². The molecule has 1 aromatic heterocycles. The summed E-state index contributed by atoms with van der Waals surface area (Å²) in [7, 11) is 1.38. The van der Waals surface area contributed by atoms with Gasteiger partial charge in [0, 0.05) is 47.9 Å². The molecule has 2 aromatic rings. The molecular formula is C23H29BrN2O5. The van der Waals surface area contributed by atoms with Crippen LogP contribution in [0.5, 0.6) is 5.75 Å². The molecule has 8 heteroatoms. The number of esters is 1. The molecule has 1 fully saturated rings. The van der Waals surface area contributed by atoms with E-state index in [0.29, 0.717) is 25.3 Å². The summed E-state index contributed by atoms with van der Waals surface area (Å²) >= 11 is 3.54. The maximum absolute atomic E-state index is 12.3. The van der Waals surface area contributed by atoms with E-state index in [1.807, 2.05) is 45.0 Å². The highest BCUT2D eigenvalue weighted by Gasteiger charge is 2.28. The van der Waals surface area contributed by atoms with Gasteiger partial charge in [-0.1, -0.05) is 22.0 Å². The van der Waals surface area contributed by atoms with Crippen LogP contribution in [0.2, 0.25) is 0 Å². The van der Waals surface area contributed by atoms with E-state index in [2.05, 4.69) is 15.9 Å². The number of fused-ring (bicyclic) bond motifs is 1. The fourth-order valence-electron chi connectivity index (χ4n) is 3.43. The number of halogens is 1. The van der Waals surface area contributed by atoms with Gasteiger partial charge in [-0.2, -0.15) is 0 Å². The zero-order valence-corrected chi connectivity index (χ0v) is 20.0. The summed E-state index contributed by atoms with van der Waals surface area (Å²) in [5.74, 6) is 0.436. The van der Waals surface area contributed by atoms with Crippen molar-refractivity contribution in [1.82, 2.24) is 9.88 Å². The second-order valence-corrected chi connectivity index (χ2v) is 9.55. The Morgan fingerprint density at radius 1 is 1.19 bits per heavy atom. The number of piperidine rings is 1. The smallest absolute Gasteiger partial charge is 0.410 e. The Balaban J connectivity index is 1.69. The van der Waals surface area contributed by atoms with E-state index in [-0.39, 0.29) is 24.6 Å². The van der Waals surface area contributed by atoms with Gasteiger partial charge in [0.25, 0.3) is 0 Å². The van der Waals surface area contributed by atoms with Gasteiger partial charge in [0.05, 0.1) is 13.5 Å². The summed E-state index contributed by atoms with van der Waals surface area (Å²) in [6.07, 6.45) is 1.93. The number of aryl methyl sites for hydroxylation is 1. The molecule has 1 amide bonds. The second-order valence-electron chi connectivity index (χ2n) is 8.64. The standard InChI is InChI=1S/C23H29BrN2O5/c1-23(2,3)31-22(28)26-11-9-18(10-12-26)30-19-14-16(24)13-15-5-6-17(25-21(15)19)7-8-20(27)29-4/h5-6,13-14,18H,7-12H2,1-4H3. The van der Waals surface area contributed by atoms with E-state index in [0.717, 1.165) is 33.9 Å². The molecule has 1 aliphatic rings. The predicted octanol–water partition coefficient (Wildman–Crippen LogP) is 4.88. The quantitative estimate of drug-likeness (QED) is 0.553. The molecule has 0 radical (unpaired) electrons. The number of likely N-dealkylation sites (tertiary alicyclic amines) is 1. The van der Waals surface area contributed by atoms with Gasteiger partial charge in [-0.15, -0.1) is 0 Å². The fourth-order valence-corrected chi connectivity index (χ4v) is 3.89. The average molecular weight is 493 g/mol. The molecule has 0 spiro atoms. The lowest BCUT2D eigenvalue weighted by Crippen LogP contribution is -2.44. The van der Waals surface area contributed by atoms with Gasteiger partial charge in [0.1, 0.15) is 23.0 Å². The minimum atomic E-state index is -0.503. The average Bonchev–Trinajstić information content (AvgIpc) is 2.71. The number of carbonyl (C=O) groups excluding carboxylic acids is 2. The van der Waals surface area contributed by atoms with Crippen molar-refractivity contribution >= 4 is 38.9 Å². The van der Waals surface area contributed by atoms with Gasteiger partial charge in [0.2, 0.25) is 0 Å². The van der Waals surface area contributed by atoms with E-state index >= 15 is 0 Å². The van der Waals surface area contributed by atoms with Crippen LogP contribution in [0.3, 0.4) is 0 Å². The van der Waals surface area contributed by atoms with Crippen LogP contribution in [0.15, 0.2) is 28.7 Å².